The van der Waals surface area contributed by atoms with Crippen LogP contribution in [-0.2, 0) is 28.6 Å². The van der Waals surface area contributed by atoms with E-state index in [9.17, 15) is 19.5 Å². The van der Waals surface area contributed by atoms with Crippen molar-refractivity contribution >= 4 is 17.9 Å². The number of hydrogen-bond acceptors (Lipinski definition) is 9. The number of aliphatic hydroxyl groups is 3. The molecule has 0 rings (SSSR count). The van der Waals surface area contributed by atoms with E-state index in [1.54, 1.807) is 20.8 Å². The van der Waals surface area contributed by atoms with Gasteiger partial charge >= 0.3 is 17.9 Å². The van der Waals surface area contributed by atoms with E-state index in [-0.39, 0.29) is 26.4 Å². The molecule has 9 heteroatoms. The number of aliphatic hydroxyl groups excluding tert-OH is 2. The third-order valence-corrected chi connectivity index (χ3v) is 2.40. The van der Waals surface area contributed by atoms with E-state index < -0.39 is 42.5 Å². The van der Waals surface area contributed by atoms with Gasteiger partial charge in [-0.2, -0.15) is 0 Å². The highest BCUT2D eigenvalue weighted by Gasteiger charge is 2.43. The molecule has 0 aromatic rings. The minimum absolute atomic E-state index is 0.0206. The van der Waals surface area contributed by atoms with Gasteiger partial charge in [0.15, 0.2) is 5.60 Å². The van der Waals surface area contributed by atoms with Gasteiger partial charge in [0.05, 0.1) is 45.4 Å². The maximum absolute atomic E-state index is 11.7. The maximum atomic E-state index is 11.7. The molecule has 0 aliphatic rings. The van der Waals surface area contributed by atoms with Crippen LogP contribution in [0.4, 0.5) is 0 Å². The van der Waals surface area contributed by atoms with Gasteiger partial charge in [0, 0.05) is 0 Å². The van der Waals surface area contributed by atoms with Crippen molar-refractivity contribution in [2.45, 2.75) is 52.2 Å². The van der Waals surface area contributed by atoms with Crippen molar-refractivity contribution in [2.75, 3.05) is 26.4 Å². The summed E-state index contributed by atoms with van der Waals surface area (Å²) in [5.41, 5.74) is -2.26. The largest absolute Gasteiger partial charge is 0.466 e. The maximum Gasteiger partial charge on any atom is 0.339 e. The number of ether oxygens (including phenoxy) is 3. The van der Waals surface area contributed by atoms with Crippen molar-refractivity contribution in [3.05, 3.63) is 0 Å². The summed E-state index contributed by atoms with van der Waals surface area (Å²) in [7, 11) is 0. The number of carbonyl (C=O) groups excluding carboxylic acids is 3. The molecule has 9 nitrogen and oxygen atoms in total. The minimum atomic E-state index is -2.26. The molecule has 24 heavy (non-hydrogen) atoms. The summed E-state index contributed by atoms with van der Waals surface area (Å²) >= 11 is 0. The first kappa shape index (κ1) is 24.5. The normalized spacial score (nSPS) is 11.6. The molecule has 142 valence electrons. The fourth-order valence-electron chi connectivity index (χ4n) is 1.37. The molecule has 0 spiro atoms. The first-order valence-corrected chi connectivity index (χ1v) is 7.66. The van der Waals surface area contributed by atoms with Gasteiger partial charge in [-0.1, -0.05) is 0 Å². The summed E-state index contributed by atoms with van der Waals surface area (Å²) in [6, 6.07) is 0. The van der Waals surface area contributed by atoms with E-state index in [1.807, 2.05) is 0 Å². The molecule has 1 atom stereocenters. The summed E-state index contributed by atoms with van der Waals surface area (Å²) in [4.78, 5) is 34.4. The lowest BCUT2D eigenvalue weighted by atomic mass is 9.95. The highest BCUT2D eigenvalue weighted by atomic mass is 16.6. The molecule has 3 N–H and O–H groups in total. The van der Waals surface area contributed by atoms with Crippen molar-refractivity contribution in [3.63, 3.8) is 0 Å². The number of hydrogen-bond donors (Lipinski definition) is 3. The summed E-state index contributed by atoms with van der Waals surface area (Å²) in [6.45, 7) is 6.35. The lowest BCUT2D eigenvalue weighted by Gasteiger charge is -2.23. The molecule has 0 aromatic heterocycles. The van der Waals surface area contributed by atoms with Gasteiger partial charge in [0.2, 0.25) is 0 Å². The lowest BCUT2D eigenvalue weighted by molar-refractivity contribution is -0.177. The topological polar surface area (TPSA) is 140 Å². The molecule has 0 bridgehead atoms. The molecular weight excluding hydrogens is 324 g/mol. The van der Waals surface area contributed by atoms with Crippen molar-refractivity contribution in [3.8, 4) is 0 Å². The van der Waals surface area contributed by atoms with Crippen molar-refractivity contribution in [2.24, 2.45) is 0 Å². The van der Waals surface area contributed by atoms with Crippen LogP contribution >= 0.6 is 0 Å². The Bertz CT molecular complexity index is 359. The Morgan fingerprint density at radius 1 is 0.917 bits per heavy atom. The molecular formula is C15H28O9. The van der Waals surface area contributed by atoms with Gasteiger partial charge in [-0.15, -0.1) is 0 Å². The quantitative estimate of drug-likeness (QED) is 0.371. The average molecular weight is 352 g/mol. The van der Waals surface area contributed by atoms with Crippen molar-refractivity contribution in [1.29, 1.82) is 0 Å². The smallest absolute Gasteiger partial charge is 0.339 e. The molecule has 0 saturated carbocycles. The molecule has 1 unspecified atom stereocenters. The summed E-state index contributed by atoms with van der Waals surface area (Å²) in [5, 5.41) is 26.1. The van der Waals surface area contributed by atoms with Crippen LogP contribution in [0.5, 0.6) is 0 Å². The molecule has 0 aromatic carbocycles. The van der Waals surface area contributed by atoms with Gasteiger partial charge in [-0.25, -0.2) is 4.79 Å². The Morgan fingerprint density at radius 2 is 1.25 bits per heavy atom. The van der Waals surface area contributed by atoms with Gasteiger partial charge in [0.25, 0.3) is 0 Å². The van der Waals surface area contributed by atoms with Crippen LogP contribution in [0.25, 0.3) is 0 Å². The Morgan fingerprint density at radius 3 is 1.50 bits per heavy atom. The van der Waals surface area contributed by atoms with Crippen LogP contribution in [0.1, 0.15) is 40.5 Å². The van der Waals surface area contributed by atoms with Crippen molar-refractivity contribution in [1.82, 2.24) is 0 Å². The first-order valence-electron chi connectivity index (χ1n) is 7.66. The van der Waals surface area contributed by atoms with Crippen LogP contribution in [-0.4, -0.2) is 71.4 Å². The third-order valence-electron chi connectivity index (χ3n) is 2.40. The van der Waals surface area contributed by atoms with E-state index in [1.165, 1.54) is 6.92 Å². The molecule has 0 saturated heterocycles. The van der Waals surface area contributed by atoms with Gasteiger partial charge < -0.3 is 29.5 Å². The third kappa shape index (κ3) is 11.8. The van der Waals surface area contributed by atoms with Crippen LogP contribution in [0.2, 0.25) is 0 Å². The monoisotopic (exact) mass is 352 g/mol. The van der Waals surface area contributed by atoms with Gasteiger partial charge in [-0.3, -0.25) is 9.59 Å². The van der Waals surface area contributed by atoms with Gasteiger partial charge in [-0.05, 0) is 27.7 Å². The number of rotatable bonds is 9. The molecule has 0 radical (unpaired) electrons. The SMILES string of the molecule is CC(O)CO.CCOC(=O)CC(O)(CC(=O)OCC)C(=O)OCC. The number of carbonyl (C=O) groups is 3. The second-order valence-electron chi connectivity index (χ2n) is 4.75. The molecule has 0 fully saturated rings. The predicted molar refractivity (Wildman–Crippen MR) is 82.8 cm³/mol. The summed E-state index contributed by atoms with van der Waals surface area (Å²) in [5.74, 6) is -2.62. The Labute approximate surface area is 141 Å². The van der Waals surface area contributed by atoms with E-state index in [0.717, 1.165) is 0 Å². The van der Waals surface area contributed by atoms with Crippen molar-refractivity contribution < 1.29 is 43.9 Å². The van der Waals surface area contributed by atoms with E-state index >= 15 is 0 Å². The highest BCUT2D eigenvalue weighted by Crippen LogP contribution is 2.19. The first-order chi connectivity index (χ1) is 11.2. The number of esters is 3. The molecule has 0 aliphatic heterocycles. The average Bonchev–Trinajstić information content (AvgIpc) is 2.48. The Balaban J connectivity index is 0. The summed E-state index contributed by atoms with van der Waals surface area (Å²) in [6.07, 6.45) is -1.87. The summed E-state index contributed by atoms with van der Waals surface area (Å²) < 4.78 is 14.0. The van der Waals surface area contributed by atoms with Crippen LogP contribution in [0.15, 0.2) is 0 Å². The zero-order chi connectivity index (χ0) is 19.2. The molecule has 0 aliphatic carbocycles. The van der Waals surface area contributed by atoms with Crippen LogP contribution in [0, 0.1) is 0 Å². The second-order valence-corrected chi connectivity index (χ2v) is 4.75. The van der Waals surface area contributed by atoms with Gasteiger partial charge in [0.1, 0.15) is 0 Å². The Hall–Kier alpha value is -1.71. The Kier molecular flexibility index (Phi) is 14.0. The van der Waals surface area contributed by atoms with E-state index in [2.05, 4.69) is 14.2 Å². The van der Waals surface area contributed by atoms with Crippen LogP contribution < -0.4 is 0 Å². The zero-order valence-corrected chi connectivity index (χ0v) is 14.6. The second kappa shape index (κ2) is 13.7. The standard InChI is InChI=1S/C12H20O7.C3H8O2/c1-4-17-9(13)7-12(16,11(15)19-6-3)8-10(14)18-5-2;1-3(5)2-4/h16H,4-8H2,1-3H3;3-5H,2H2,1H3. The molecule has 0 amide bonds. The zero-order valence-electron chi connectivity index (χ0n) is 14.6. The minimum Gasteiger partial charge on any atom is -0.466 e. The van der Waals surface area contributed by atoms with E-state index in [4.69, 9.17) is 10.2 Å². The molecule has 0 heterocycles. The fourth-order valence-corrected chi connectivity index (χ4v) is 1.37. The fraction of sp³-hybridized carbons (Fsp3) is 0.800. The lowest BCUT2D eigenvalue weighted by Crippen LogP contribution is -2.44. The highest BCUT2D eigenvalue weighted by molar-refractivity contribution is 5.90. The predicted octanol–water partition coefficient (Wildman–Crippen LogP) is -0.453. The van der Waals surface area contributed by atoms with E-state index in [0.29, 0.717) is 0 Å². The van der Waals surface area contributed by atoms with Crippen LogP contribution in [0.3, 0.4) is 0 Å².